The van der Waals surface area contributed by atoms with Gasteiger partial charge in [-0.2, -0.15) is 11.8 Å². The quantitative estimate of drug-likeness (QED) is 0.662. The third kappa shape index (κ3) is 3.45. The maximum Gasteiger partial charge on any atom is 0.0187 e. The molecule has 0 aromatic rings. The molecule has 0 aromatic heterocycles. The van der Waals surface area contributed by atoms with E-state index in [1.165, 1.54) is 19.5 Å². The summed E-state index contributed by atoms with van der Waals surface area (Å²) in [6, 6.07) is 0. The fourth-order valence-corrected chi connectivity index (χ4v) is 2.77. The highest BCUT2D eigenvalue weighted by Gasteiger charge is 2.16. The highest BCUT2D eigenvalue weighted by atomic mass is 32.2. The van der Waals surface area contributed by atoms with E-state index in [0.717, 1.165) is 23.5 Å². The van der Waals surface area contributed by atoms with Gasteiger partial charge in [0.15, 0.2) is 0 Å². The van der Waals surface area contributed by atoms with Crippen molar-refractivity contribution in [3.05, 3.63) is 0 Å². The van der Waals surface area contributed by atoms with Crippen LogP contribution in [0.4, 0.5) is 0 Å². The molecule has 2 nitrogen and oxygen atoms in total. The van der Waals surface area contributed by atoms with Crippen LogP contribution >= 0.6 is 11.8 Å². The van der Waals surface area contributed by atoms with Crippen LogP contribution in [0.15, 0.2) is 0 Å². The highest BCUT2D eigenvalue weighted by Crippen LogP contribution is 2.23. The molecule has 1 heterocycles. The van der Waals surface area contributed by atoms with Gasteiger partial charge in [0.2, 0.25) is 0 Å². The fraction of sp³-hybridized carbons (Fsp3) is 1.00. The monoisotopic (exact) mass is 174 g/mol. The lowest BCUT2D eigenvalue weighted by Crippen LogP contribution is -2.15. The van der Waals surface area contributed by atoms with Crippen LogP contribution in [0.1, 0.15) is 19.8 Å². The van der Waals surface area contributed by atoms with Gasteiger partial charge in [0.05, 0.1) is 0 Å². The SMILES string of the molecule is CC(CCN)SC1CCNC1. The number of thioether (sulfide) groups is 1. The second-order valence-corrected chi connectivity index (χ2v) is 4.88. The van der Waals surface area contributed by atoms with E-state index in [9.17, 15) is 0 Å². The Labute approximate surface area is 73.3 Å². The van der Waals surface area contributed by atoms with Crippen LogP contribution in [-0.4, -0.2) is 30.1 Å². The molecule has 1 fully saturated rings. The van der Waals surface area contributed by atoms with Crippen LogP contribution in [0.3, 0.4) is 0 Å². The number of hydrogen-bond donors (Lipinski definition) is 2. The lowest BCUT2D eigenvalue weighted by molar-refractivity contribution is 0.812. The van der Waals surface area contributed by atoms with Gasteiger partial charge in [-0.05, 0) is 25.9 Å². The van der Waals surface area contributed by atoms with Gasteiger partial charge >= 0.3 is 0 Å². The summed E-state index contributed by atoms with van der Waals surface area (Å²) < 4.78 is 0. The van der Waals surface area contributed by atoms with Crippen molar-refractivity contribution in [1.29, 1.82) is 0 Å². The van der Waals surface area contributed by atoms with Crippen LogP contribution in [-0.2, 0) is 0 Å². The summed E-state index contributed by atoms with van der Waals surface area (Å²) in [5, 5.41) is 4.95. The average molecular weight is 174 g/mol. The van der Waals surface area contributed by atoms with E-state index in [2.05, 4.69) is 24.0 Å². The molecule has 0 saturated carbocycles. The molecule has 2 atom stereocenters. The van der Waals surface area contributed by atoms with Crippen molar-refractivity contribution in [1.82, 2.24) is 5.32 Å². The van der Waals surface area contributed by atoms with Crippen molar-refractivity contribution in [3.63, 3.8) is 0 Å². The van der Waals surface area contributed by atoms with Gasteiger partial charge in [-0.15, -0.1) is 0 Å². The number of rotatable bonds is 4. The Kier molecular flexibility index (Phi) is 4.26. The molecule has 0 spiro atoms. The van der Waals surface area contributed by atoms with E-state index in [-0.39, 0.29) is 0 Å². The van der Waals surface area contributed by atoms with Crippen molar-refractivity contribution < 1.29 is 0 Å². The van der Waals surface area contributed by atoms with Crippen molar-refractivity contribution in [3.8, 4) is 0 Å². The molecular weight excluding hydrogens is 156 g/mol. The second-order valence-electron chi connectivity index (χ2n) is 3.14. The topological polar surface area (TPSA) is 38.0 Å². The van der Waals surface area contributed by atoms with E-state index in [4.69, 9.17) is 5.73 Å². The van der Waals surface area contributed by atoms with Crippen LogP contribution in [0, 0.1) is 0 Å². The van der Waals surface area contributed by atoms with Gasteiger partial charge in [-0.25, -0.2) is 0 Å². The lowest BCUT2D eigenvalue weighted by atomic mass is 10.3. The highest BCUT2D eigenvalue weighted by molar-refractivity contribution is 8.00. The van der Waals surface area contributed by atoms with E-state index in [1.54, 1.807) is 0 Å². The molecule has 1 aliphatic heterocycles. The Hall–Kier alpha value is 0.270. The van der Waals surface area contributed by atoms with Crippen molar-refractivity contribution >= 4 is 11.8 Å². The smallest absolute Gasteiger partial charge is 0.0187 e. The van der Waals surface area contributed by atoms with Crippen LogP contribution in [0.5, 0.6) is 0 Å². The Morgan fingerprint density at radius 2 is 2.55 bits per heavy atom. The molecule has 0 aromatic carbocycles. The number of nitrogens with two attached hydrogens (primary N) is 1. The first-order chi connectivity index (χ1) is 5.33. The lowest BCUT2D eigenvalue weighted by Gasteiger charge is -2.14. The summed E-state index contributed by atoms with van der Waals surface area (Å²) in [6.45, 7) is 5.50. The molecule has 1 rings (SSSR count). The molecule has 3 N–H and O–H groups in total. The van der Waals surface area contributed by atoms with Crippen molar-refractivity contribution in [2.75, 3.05) is 19.6 Å². The Bertz CT molecular complexity index is 102. The van der Waals surface area contributed by atoms with Gasteiger partial charge in [0, 0.05) is 17.0 Å². The van der Waals surface area contributed by atoms with Crippen LogP contribution < -0.4 is 11.1 Å². The Balaban J connectivity index is 2.08. The molecule has 3 heteroatoms. The summed E-state index contributed by atoms with van der Waals surface area (Å²) >= 11 is 2.09. The van der Waals surface area contributed by atoms with Gasteiger partial charge in [0.25, 0.3) is 0 Å². The first-order valence-corrected chi connectivity index (χ1v) is 5.33. The normalized spacial score (nSPS) is 27.3. The molecule has 1 saturated heterocycles. The maximum atomic E-state index is 5.47. The standard InChI is InChI=1S/C8H18N2S/c1-7(2-4-9)11-8-3-5-10-6-8/h7-8,10H,2-6,9H2,1H3. The molecule has 2 unspecified atom stereocenters. The van der Waals surface area contributed by atoms with E-state index >= 15 is 0 Å². The summed E-state index contributed by atoms with van der Waals surface area (Å²) in [5.41, 5.74) is 5.47. The summed E-state index contributed by atoms with van der Waals surface area (Å²) in [7, 11) is 0. The van der Waals surface area contributed by atoms with E-state index < -0.39 is 0 Å². The van der Waals surface area contributed by atoms with Gasteiger partial charge in [-0.1, -0.05) is 6.92 Å². The Morgan fingerprint density at radius 1 is 1.73 bits per heavy atom. The zero-order valence-electron chi connectivity index (χ0n) is 7.18. The number of nitrogens with one attached hydrogen (secondary N) is 1. The van der Waals surface area contributed by atoms with Gasteiger partial charge in [0.1, 0.15) is 0 Å². The molecule has 66 valence electrons. The summed E-state index contributed by atoms with van der Waals surface area (Å²) in [6.07, 6.45) is 2.49. The molecule has 11 heavy (non-hydrogen) atoms. The fourth-order valence-electron chi connectivity index (χ4n) is 1.38. The summed E-state index contributed by atoms with van der Waals surface area (Å²) in [4.78, 5) is 0. The van der Waals surface area contributed by atoms with E-state index in [1.807, 2.05) is 0 Å². The van der Waals surface area contributed by atoms with E-state index in [0.29, 0.717) is 0 Å². The predicted octanol–water partition coefficient (Wildman–Crippen LogP) is 0.819. The zero-order valence-corrected chi connectivity index (χ0v) is 7.99. The minimum atomic E-state index is 0.741. The molecule has 0 bridgehead atoms. The maximum absolute atomic E-state index is 5.47. The summed E-state index contributed by atoms with van der Waals surface area (Å²) in [5.74, 6) is 0. The molecular formula is C8H18N2S. The van der Waals surface area contributed by atoms with Crippen LogP contribution in [0.2, 0.25) is 0 Å². The molecule has 0 radical (unpaired) electrons. The molecule has 0 aliphatic carbocycles. The predicted molar refractivity (Wildman–Crippen MR) is 52.0 cm³/mol. The number of hydrogen-bond acceptors (Lipinski definition) is 3. The molecule has 1 aliphatic rings. The first kappa shape index (κ1) is 9.36. The third-order valence-corrected chi connectivity index (χ3v) is 3.50. The largest absolute Gasteiger partial charge is 0.330 e. The van der Waals surface area contributed by atoms with Gasteiger partial charge in [-0.3, -0.25) is 0 Å². The van der Waals surface area contributed by atoms with Crippen LogP contribution in [0.25, 0.3) is 0 Å². The van der Waals surface area contributed by atoms with Crippen molar-refractivity contribution in [2.45, 2.75) is 30.3 Å². The van der Waals surface area contributed by atoms with Gasteiger partial charge < -0.3 is 11.1 Å². The average Bonchev–Trinajstić information content (AvgIpc) is 2.40. The third-order valence-electron chi connectivity index (χ3n) is 2.01. The van der Waals surface area contributed by atoms with Crippen molar-refractivity contribution in [2.24, 2.45) is 5.73 Å². The second kappa shape index (κ2) is 5.01. The Morgan fingerprint density at radius 3 is 3.09 bits per heavy atom. The molecule has 0 amide bonds. The zero-order chi connectivity index (χ0) is 8.10. The minimum Gasteiger partial charge on any atom is -0.330 e. The first-order valence-electron chi connectivity index (χ1n) is 4.39. The minimum absolute atomic E-state index is 0.741.